The SMILES string of the molecule is COc1cc(F)c(C(F)(F)Oc2ccc(-c3cc(F)c(F)c(F)c3)c(F)c2)c(F)c1. The van der Waals surface area contributed by atoms with E-state index in [1.165, 1.54) is 0 Å². The molecule has 3 rings (SSSR count). The van der Waals surface area contributed by atoms with E-state index in [-0.39, 0.29) is 5.75 Å². The fourth-order valence-corrected chi connectivity index (χ4v) is 2.65. The zero-order valence-electron chi connectivity index (χ0n) is 14.9. The van der Waals surface area contributed by atoms with Crippen LogP contribution >= 0.6 is 0 Å². The summed E-state index contributed by atoms with van der Waals surface area (Å²) in [6.45, 7) is 0. The van der Waals surface area contributed by atoms with Crippen LogP contribution in [0.1, 0.15) is 5.56 Å². The molecular weight excluding hydrogens is 424 g/mol. The number of ether oxygens (including phenoxy) is 2. The number of methoxy groups -OCH3 is 1. The molecule has 0 saturated heterocycles. The van der Waals surface area contributed by atoms with Gasteiger partial charge in [0.2, 0.25) is 0 Å². The first-order chi connectivity index (χ1) is 14.0. The lowest BCUT2D eigenvalue weighted by Crippen LogP contribution is -2.25. The van der Waals surface area contributed by atoms with E-state index in [2.05, 4.69) is 9.47 Å². The van der Waals surface area contributed by atoms with Crippen molar-refractivity contribution in [2.45, 2.75) is 6.11 Å². The minimum Gasteiger partial charge on any atom is -0.497 e. The van der Waals surface area contributed by atoms with Crippen molar-refractivity contribution in [3.8, 4) is 22.6 Å². The van der Waals surface area contributed by atoms with Crippen molar-refractivity contribution >= 4 is 0 Å². The van der Waals surface area contributed by atoms with Crippen molar-refractivity contribution in [1.29, 1.82) is 0 Å². The highest BCUT2D eigenvalue weighted by Crippen LogP contribution is 2.37. The number of hydrogen-bond donors (Lipinski definition) is 0. The molecule has 3 aromatic carbocycles. The molecule has 0 aliphatic carbocycles. The summed E-state index contributed by atoms with van der Waals surface area (Å²) in [6, 6.07) is 4.07. The first-order valence-electron chi connectivity index (χ1n) is 8.08. The molecule has 30 heavy (non-hydrogen) atoms. The molecule has 0 spiro atoms. The van der Waals surface area contributed by atoms with Crippen molar-refractivity contribution in [2.75, 3.05) is 7.11 Å². The smallest absolute Gasteiger partial charge is 0.432 e. The van der Waals surface area contributed by atoms with Gasteiger partial charge in [-0.05, 0) is 29.8 Å². The average molecular weight is 434 g/mol. The van der Waals surface area contributed by atoms with Crippen LogP contribution in [0.4, 0.5) is 35.1 Å². The van der Waals surface area contributed by atoms with Crippen LogP contribution in [0.5, 0.6) is 11.5 Å². The van der Waals surface area contributed by atoms with Crippen LogP contribution in [0.15, 0.2) is 42.5 Å². The van der Waals surface area contributed by atoms with Gasteiger partial charge < -0.3 is 9.47 Å². The maximum atomic E-state index is 14.3. The third-order valence-electron chi connectivity index (χ3n) is 4.02. The van der Waals surface area contributed by atoms with E-state index in [1.54, 1.807) is 0 Å². The predicted molar refractivity (Wildman–Crippen MR) is 89.1 cm³/mol. The Morgan fingerprint density at radius 2 is 1.20 bits per heavy atom. The lowest BCUT2D eigenvalue weighted by atomic mass is 10.0. The Hall–Kier alpha value is -3.30. The molecule has 2 nitrogen and oxygen atoms in total. The summed E-state index contributed by atoms with van der Waals surface area (Å²) < 4.78 is 119. The molecule has 0 aliphatic heterocycles. The summed E-state index contributed by atoms with van der Waals surface area (Å²) in [5.41, 5.74) is -2.59. The Kier molecular flexibility index (Phi) is 5.60. The van der Waals surface area contributed by atoms with Gasteiger partial charge in [-0.2, -0.15) is 8.78 Å². The summed E-state index contributed by atoms with van der Waals surface area (Å²) in [5, 5.41) is 0. The maximum absolute atomic E-state index is 14.3. The molecule has 0 amide bonds. The van der Waals surface area contributed by atoms with Gasteiger partial charge in [0, 0.05) is 23.8 Å². The van der Waals surface area contributed by atoms with E-state index in [0.29, 0.717) is 30.3 Å². The maximum Gasteiger partial charge on any atom is 0.432 e. The van der Waals surface area contributed by atoms with E-state index < -0.39 is 63.5 Å². The highest BCUT2D eigenvalue weighted by Gasteiger charge is 2.41. The van der Waals surface area contributed by atoms with Crippen molar-refractivity contribution in [3.63, 3.8) is 0 Å². The predicted octanol–water partition coefficient (Wildman–Crippen LogP) is 6.33. The largest absolute Gasteiger partial charge is 0.497 e. The molecule has 0 aliphatic rings. The Bertz CT molecular complexity index is 1070. The van der Waals surface area contributed by atoms with Crippen molar-refractivity contribution < 1.29 is 44.6 Å². The second-order valence-electron chi connectivity index (χ2n) is 5.98. The van der Waals surface area contributed by atoms with Crippen LogP contribution in [0.2, 0.25) is 0 Å². The topological polar surface area (TPSA) is 18.5 Å². The first-order valence-corrected chi connectivity index (χ1v) is 8.08. The van der Waals surface area contributed by atoms with Crippen LogP contribution in [0.3, 0.4) is 0 Å². The minimum atomic E-state index is -4.54. The van der Waals surface area contributed by atoms with Crippen molar-refractivity contribution in [3.05, 3.63) is 82.9 Å². The molecule has 0 aromatic heterocycles. The number of alkyl halides is 2. The van der Waals surface area contributed by atoms with E-state index in [9.17, 15) is 35.1 Å². The lowest BCUT2D eigenvalue weighted by molar-refractivity contribution is -0.189. The molecule has 0 radical (unpaired) electrons. The van der Waals surface area contributed by atoms with Gasteiger partial charge in [0.15, 0.2) is 17.5 Å². The van der Waals surface area contributed by atoms with E-state index in [4.69, 9.17) is 0 Å². The second-order valence-corrected chi connectivity index (χ2v) is 5.98. The first kappa shape index (κ1) is 21.4. The fourth-order valence-electron chi connectivity index (χ4n) is 2.65. The molecule has 0 saturated carbocycles. The number of benzene rings is 3. The van der Waals surface area contributed by atoms with Crippen LogP contribution in [-0.4, -0.2) is 7.11 Å². The second kappa shape index (κ2) is 7.85. The fraction of sp³-hybridized carbons (Fsp3) is 0.100. The van der Waals surface area contributed by atoms with Gasteiger partial charge in [-0.1, -0.05) is 0 Å². The Balaban J connectivity index is 1.94. The molecule has 0 fully saturated rings. The Labute approximate surface area is 164 Å². The molecule has 0 bridgehead atoms. The zero-order chi connectivity index (χ0) is 22.2. The Morgan fingerprint density at radius 1 is 0.667 bits per heavy atom. The zero-order valence-corrected chi connectivity index (χ0v) is 14.9. The molecule has 0 heterocycles. The quantitative estimate of drug-likeness (QED) is 0.345. The van der Waals surface area contributed by atoms with Crippen molar-refractivity contribution in [2.24, 2.45) is 0 Å². The average Bonchev–Trinajstić information content (AvgIpc) is 2.64. The van der Waals surface area contributed by atoms with Crippen LogP contribution in [-0.2, 0) is 6.11 Å². The number of halogens is 8. The van der Waals surface area contributed by atoms with Gasteiger partial charge in [0.1, 0.15) is 34.5 Å². The monoisotopic (exact) mass is 434 g/mol. The number of hydrogen-bond acceptors (Lipinski definition) is 2. The summed E-state index contributed by atoms with van der Waals surface area (Å²) >= 11 is 0. The standard InChI is InChI=1S/C20H10F8O2/c1-29-11-7-14(22)18(15(23)8-11)20(27,28)30-10-2-3-12(13(21)6-10)9-4-16(24)19(26)17(25)5-9/h2-8H,1H3. The molecule has 0 N–H and O–H groups in total. The molecule has 3 aromatic rings. The van der Waals surface area contributed by atoms with Crippen LogP contribution in [0.25, 0.3) is 11.1 Å². The van der Waals surface area contributed by atoms with Gasteiger partial charge in [0.05, 0.1) is 7.11 Å². The van der Waals surface area contributed by atoms with Crippen LogP contribution in [0, 0.1) is 34.9 Å². The number of rotatable bonds is 5. The molecular formula is C20H10F8O2. The summed E-state index contributed by atoms with van der Waals surface area (Å²) in [5.74, 6) is -10.7. The van der Waals surface area contributed by atoms with Gasteiger partial charge in [-0.3, -0.25) is 0 Å². The van der Waals surface area contributed by atoms with Gasteiger partial charge in [-0.25, -0.2) is 26.3 Å². The van der Waals surface area contributed by atoms with E-state index >= 15 is 0 Å². The third-order valence-corrected chi connectivity index (χ3v) is 4.02. The molecule has 10 heteroatoms. The third kappa shape index (κ3) is 4.03. The van der Waals surface area contributed by atoms with Crippen LogP contribution < -0.4 is 9.47 Å². The highest BCUT2D eigenvalue weighted by molar-refractivity contribution is 5.65. The summed E-state index contributed by atoms with van der Waals surface area (Å²) in [6.07, 6.45) is -4.54. The van der Waals surface area contributed by atoms with E-state index in [0.717, 1.165) is 19.2 Å². The van der Waals surface area contributed by atoms with E-state index in [1.807, 2.05) is 0 Å². The highest BCUT2D eigenvalue weighted by atomic mass is 19.3. The molecule has 0 atom stereocenters. The molecule has 0 unspecified atom stereocenters. The normalized spacial score (nSPS) is 11.5. The van der Waals surface area contributed by atoms with Gasteiger partial charge in [-0.15, -0.1) is 0 Å². The molecule has 158 valence electrons. The van der Waals surface area contributed by atoms with Gasteiger partial charge >= 0.3 is 6.11 Å². The van der Waals surface area contributed by atoms with Crippen molar-refractivity contribution in [1.82, 2.24) is 0 Å². The van der Waals surface area contributed by atoms with Gasteiger partial charge in [0.25, 0.3) is 0 Å². The minimum absolute atomic E-state index is 0.348. The Morgan fingerprint density at radius 3 is 1.70 bits per heavy atom. The summed E-state index contributed by atoms with van der Waals surface area (Å²) in [7, 11) is 1.08. The summed E-state index contributed by atoms with van der Waals surface area (Å²) in [4.78, 5) is 0. The lowest BCUT2D eigenvalue weighted by Gasteiger charge is -2.20.